The summed E-state index contributed by atoms with van der Waals surface area (Å²) in [5.41, 5.74) is 9.14. The number of rotatable bonds is 8. The number of aryl methyl sites for hydroxylation is 1. The fourth-order valence-electron chi connectivity index (χ4n) is 3.11. The van der Waals surface area contributed by atoms with Gasteiger partial charge >= 0.3 is 0 Å². The molecule has 3 aromatic rings. The highest BCUT2D eigenvalue weighted by Crippen LogP contribution is 2.27. The number of amides is 1. The van der Waals surface area contributed by atoms with Gasteiger partial charge in [0.2, 0.25) is 5.91 Å². The second-order valence-corrected chi connectivity index (χ2v) is 6.57. The van der Waals surface area contributed by atoms with Crippen LogP contribution in [0.3, 0.4) is 0 Å². The predicted molar refractivity (Wildman–Crippen MR) is 111 cm³/mol. The fourth-order valence-corrected chi connectivity index (χ4v) is 3.11. The molecular weight excluding hydrogens is 350 g/mol. The number of aromatic nitrogens is 2. The van der Waals surface area contributed by atoms with E-state index in [9.17, 15) is 4.79 Å². The van der Waals surface area contributed by atoms with Crippen molar-refractivity contribution < 1.29 is 4.79 Å². The lowest BCUT2D eigenvalue weighted by Crippen LogP contribution is -2.37. The SMILES string of the molecule is NC(=NCCCc1cnc[nH]1)NC(=O)CC(c1ccccc1)c1ccccc1. The number of carbonyl (C=O) groups excluding carboxylic acids is 1. The summed E-state index contributed by atoms with van der Waals surface area (Å²) in [6, 6.07) is 20.0. The monoisotopic (exact) mass is 375 g/mol. The Morgan fingerprint density at radius 3 is 2.29 bits per heavy atom. The number of guanidine groups is 1. The zero-order valence-corrected chi connectivity index (χ0v) is 15.7. The molecule has 0 radical (unpaired) electrons. The maximum Gasteiger partial charge on any atom is 0.227 e. The van der Waals surface area contributed by atoms with E-state index >= 15 is 0 Å². The van der Waals surface area contributed by atoms with E-state index < -0.39 is 0 Å². The Hall–Kier alpha value is -3.41. The molecule has 0 unspecified atom stereocenters. The van der Waals surface area contributed by atoms with Gasteiger partial charge in [-0.2, -0.15) is 0 Å². The van der Waals surface area contributed by atoms with Gasteiger partial charge in [-0.3, -0.25) is 15.1 Å². The van der Waals surface area contributed by atoms with E-state index in [1.165, 1.54) is 0 Å². The summed E-state index contributed by atoms with van der Waals surface area (Å²) >= 11 is 0. The molecule has 0 atom stereocenters. The topological polar surface area (TPSA) is 96.2 Å². The second kappa shape index (κ2) is 10.1. The molecule has 0 aliphatic heterocycles. The number of hydrogen-bond acceptors (Lipinski definition) is 3. The molecule has 144 valence electrons. The normalized spacial score (nSPS) is 11.5. The van der Waals surface area contributed by atoms with Crippen LogP contribution in [0.25, 0.3) is 0 Å². The summed E-state index contributed by atoms with van der Waals surface area (Å²) in [7, 11) is 0. The average Bonchev–Trinajstić information content (AvgIpc) is 3.24. The maximum atomic E-state index is 12.5. The zero-order valence-electron chi connectivity index (χ0n) is 15.7. The van der Waals surface area contributed by atoms with E-state index in [0.717, 1.165) is 29.7 Å². The van der Waals surface area contributed by atoms with Gasteiger partial charge in [0.05, 0.1) is 6.33 Å². The first-order valence-corrected chi connectivity index (χ1v) is 9.39. The first kappa shape index (κ1) is 19.4. The first-order chi connectivity index (χ1) is 13.7. The molecule has 3 rings (SSSR count). The highest BCUT2D eigenvalue weighted by Gasteiger charge is 2.18. The Morgan fingerprint density at radius 1 is 1.07 bits per heavy atom. The minimum Gasteiger partial charge on any atom is -0.370 e. The smallest absolute Gasteiger partial charge is 0.227 e. The first-order valence-electron chi connectivity index (χ1n) is 9.39. The van der Waals surface area contributed by atoms with E-state index in [-0.39, 0.29) is 17.8 Å². The van der Waals surface area contributed by atoms with Crippen molar-refractivity contribution in [3.63, 3.8) is 0 Å². The molecule has 0 saturated carbocycles. The van der Waals surface area contributed by atoms with Crippen LogP contribution in [0, 0.1) is 0 Å². The molecule has 2 aromatic carbocycles. The Balaban J connectivity index is 1.56. The molecule has 6 nitrogen and oxygen atoms in total. The largest absolute Gasteiger partial charge is 0.370 e. The van der Waals surface area contributed by atoms with Gasteiger partial charge in [-0.05, 0) is 24.0 Å². The summed E-state index contributed by atoms with van der Waals surface area (Å²) in [4.78, 5) is 23.8. The minimum absolute atomic E-state index is 0.0319. The van der Waals surface area contributed by atoms with Crippen LogP contribution < -0.4 is 11.1 Å². The summed E-state index contributed by atoms with van der Waals surface area (Å²) in [5, 5.41) is 2.71. The maximum absolute atomic E-state index is 12.5. The lowest BCUT2D eigenvalue weighted by Gasteiger charge is -2.17. The van der Waals surface area contributed by atoms with Crippen molar-refractivity contribution in [1.29, 1.82) is 0 Å². The summed E-state index contributed by atoms with van der Waals surface area (Å²) < 4.78 is 0. The molecule has 4 N–H and O–H groups in total. The van der Waals surface area contributed by atoms with Crippen LogP contribution in [0.5, 0.6) is 0 Å². The van der Waals surface area contributed by atoms with E-state index in [2.05, 4.69) is 20.3 Å². The van der Waals surface area contributed by atoms with Gasteiger partial charge in [0.25, 0.3) is 0 Å². The summed E-state index contributed by atoms with van der Waals surface area (Å²) in [6.45, 7) is 0.548. The molecule has 0 bridgehead atoms. The number of nitrogens with one attached hydrogen (secondary N) is 2. The van der Waals surface area contributed by atoms with E-state index in [1.807, 2.05) is 60.7 Å². The van der Waals surface area contributed by atoms with Crippen LogP contribution in [0.2, 0.25) is 0 Å². The molecule has 0 fully saturated rings. The zero-order chi connectivity index (χ0) is 19.6. The van der Waals surface area contributed by atoms with Crippen LogP contribution >= 0.6 is 0 Å². The Labute approximate surface area is 164 Å². The van der Waals surface area contributed by atoms with Crippen LogP contribution in [0.1, 0.15) is 35.6 Å². The van der Waals surface area contributed by atoms with Crippen molar-refractivity contribution in [3.05, 3.63) is 90.0 Å². The number of benzene rings is 2. The van der Waals surface area contributed by atoms with Crippen molar-refractivity contribution in [2.24, 2.45) is 10.7 Å². The number of imidazole rings is 1. The average molecular weight is 375 g/mol. The molecule has 1 aromatic heterocycles. The summed E-state index contributed by atoms with van der Waals surface area (Å²) in [5.74, 6) is -0.0161. The van der Waals surface area contributed by atoms with Crippen LogP contribution in [-0.2, 0) is 11.2 Å². The number of H-pyrrole nitrogens is 1. The van der Waals surface area contributed by atoms with Gasteiger partial charge in [0.15, 0.2) is 5.96 Å². The van der Waals surface area contributed by atoms with Gasteiger partial charge in [0.1, 0.15) is 0 Å². The standard InChI is InChI=1S/C22H25N5O/c23-22(25-13-7-12-19-15-24-16-26-19)27-21(28)14-20(17-8-3-1-4-9-17)18-10-5-2-6-11-18/h1-6,8-11,15-16,20H,7,12-14H2,(H,24,26)(H3,23,25,27,28). The molecule has 0 aliphatic carbocycles. The van der Waals surface area contributed by atoms with Crippen molar-refractivity contribution in [1.82, 2.24) is 15.3 Å². The van der Waals surface area contributed by atoms with E-state index in [1.54, 1.807) is 12.5 Å². The lowest BCUT2D eigenvalue weighted by atomic mass is 9.88. The van der Waals surface area contributed by atoms with Crippen molar-refractivity contribution in [3.8, 4) is 0 Å². The third kappa shape index (κ3) is 5.81. The molecular formula is C22H25N5O. The number of hydrogen-bond donors (Lipinski definition) is 3. The molecule has 6 heteroatoms. The number of nitrogens with two attached hydrogens (primary N) is 1. The number of nitrogens with zero attached hydrogens (tertiary/aromatic N) is 2. The van der Waals surface area contributed by atoms with E-state index in [4.69, 9.17) is 5.73 Å². The Bertz CT molecular complexity index is 836. The van der Waals surface area contributed by atoms with Gasteiger partial charge < -0.3 is 10.7 Å². The van der Waals surface area contributed by atoms with Gasteiger partial charge in [-0.1, -0.05) is 60.7 Å². The fraction of sp³-hybridized carbons (Fsp3) is 0.227. The van der Waals surface area contributed by atoms with Gasteiger partial charge in [0, 0.05) is 30.8 Å². The van der Waals surface area contributed by atoms with Crippen molar-refractivity contribution >= 4 is 11.9 Å². The number of aliphatic imine (C=N–C) groups is 1. The second-order valence-electron chi connectivity index (χ2n) is 6.57. The number of aromatic amines is 1. The molecule has 0 aliphatic rings. The third-order valence-electron chi connectivity index (χ3n) is 4.50. The molecule has 0 saturated heterocycles. The van der Waals surface area contributed by atoms with Crippen LogP contribution in [0.4, 0.5) is 0 Å². The van der Waals surface area contributed by atoms with Crippen LogP contribution in [-0.4, -0.2) is 28.4 Å². The third-order valence-corrected chi connectivity index (χ3v) is 4.50. The molecule has 1 amide bonds. The van der Waals surface area contributed by atoms with E-state index in [0.29, 0.717) is 13.0 Å². The molecule has 0 spiro atoms. The summed E-state index contributed by atoms with van der Waals surface area (Å²) in [6.07, 6.45) is 5.42. The van der Waals surface area contributed by atoms with Crippen molar-refractivity contribution in [2.45, 2.75) is 25.2 Å². The van der Waals surface area contributed by atoms with Crippen molar-refractivity contribution in [2.75, 3.05) is 6.54 Å². The Kier molecular flexibility index (Phi) is 6.95. The van der Waals surface area contributed by atoms with Crippen LogP contribution in [0.15, 0.2) is 78.2 Å². The minimum atomic E-state index is -0.146. The lowest BCUT2D eigenvalue weighted by molar-refractivity contribution is -0.119. The van der Waals surface area contributed by atoms with Gasteiger partial charge in [-0.25, -0.2) is 4.98 Å². The Morgan fingerprint density at radius 2 is 1.71 bits per heavy atom. The highest BCUT2D eigenvalue weighted by molar-refractivity contribution is 5.96. The predicted octanol–water partition coefficient (Wildman–Crippen LogP) is 3.00. The quantitative estimate of drug-likeness (QED) is 0.321. The molecule has 1 heterocycles. The number of carbonyl (C=O) groups is 1. The molecule has 28 heavy (non-hydrogen) atoms. The van der Waals surface area contributed by atoms with Gasteiger partial charge in [-0.15, -0.1) is 0 Å². The highest BCUT2D eigenvalue weighted by atomic mass is 16.1.